The number of hydrogen-bond donors (Lipinski definition) is 1. The molecule has 5 heteroatoms. The van der Waals surface area contributed by atoms with E-state index in [0.29, 0.717) is 28.8 Å². The molecule has 2 N–H and O–H groups in total. The number of hydrogen-bond acceptors (Lipinski definition) is 4. The molecule has 2 aromatic carbocycles. The lowest BCUT2D eigenvalue weighted by molar-refractivity contribution is 0.409. The van der Waals surface area contributed by atoms with E-state index in [-0.39, 0.29) is 0 Å². The monoisotopic (exact) mass is 380 g/mol. The molecule has 0 saturated heterocycles. The van der Waals surface area contributed by atoms with E-state index in [1.54, 1.807) is 6.20 Å². The lowest BCUT2D eigenvalue weighted by Crippen LogP contribution is -2.11. The van der Waals surface area contributed by atoms with E-state index in [0.717, 1.165) is 16.6 Å². The van der Waals surface area contributed by atoms with Gasteiger partial charge in [-0.15, -0.1) is 0 Å². The first-order chi connectivity index (χ1) is 14.2. The van der Waals surface area contributed by atoms with Crippen molar-refractivity contribution < 1.29 is 4.74 Å². The second kappa shape index (κ2) is 6.99. The van der Waals surface area contributed by atoms with Gasteiger partial charge in [-0.1, -0.05) is 30.7 Å². The maximum atomic E-state index is 9.70. The van der Waals surface area contributed by atoms with Crippen LogP contribution in [-0.2, 0) is 0 Å². The van der Waals surface area contributed by atoms with Crippen molar-refractivity contribution >= 4 is 11.3 Å². The summed E-state index contributed by atoms with van der Waals surface area (Å²) in [6.07, 6.45) is 7.37. The summed E-state index contributed by atoms with van der Waals surface area (Å²) in [4.78, 5) is 4.29. The van der Waals surface area contributed by atoms with Gasteiger partial charge in [0.05, 0.1) is 11.1 Å². The van der Waals surface area contributed by atoms with Crippen molar-refractivity contribution in [2.45, 2.75) is 25.2 Å². The van der Waals surface area contributed by atoms with Crippen molar-refractivity contribution in [1.29, 1.82) is 5.26 Å². The van der Waals surface area contributed by atoms with Crippen molar-refractivity contribution in [2.75, 3.05) is 5.73 Å². The zero-order valence-electron chi connectivity index (χ0n) is 15.9. The summed E-state index contributed by atoms with van der Waals surface area (Å²) in [6, 6.07) is 19.6. The van der Waals surface area contributed by atoms with Crippen molar-refractivity contribution in [2.24, 2.45) is 0 Å². The Labute approximate surface area is 169 Å². The maximum absolute atomic E-state index is 9.70. The third kappa shape index (κ3) is 2.99. The summed E-state index contributed by atoms with van der Waals surface area (Å²) in [5.41, 5.74) is 10.8. The van der Waals surface area contributed by atoms with Crippen LogP contribution in [0.3, 0.4) is 0 Å². The van der Waals surface area contributed by atoms with Gasteiger partial charge in [0.2, 0.25) is 0 Å². The number of aromatic nitrogens is 2. The van der Waals surface area contributed by atoms with E-state index in [2.05, 4.69) is 21.5 Å². The average molecular weight is 380 g/mol. The molecule has 5 nitrogen and oxygen atoms in total. The standard InChI is InChI=1S/C24H20N4O/c25-15-18-13-17(9-10-22(18)29-19-7-2-1-3-8-19)20-14-21(16-5-4-6-16)28-12-11-27-24(26)23(20)28/h1-3,7-14,16H,4-6H2,(H2,26,27). The van der Waals surface area contributed by atoms with Gasteiger partial charge in [-0.25, -0.2) is 4.98 Å². The van der Waals surface area contributed by atoms with Crippen molar-refractivity contribution in [3.05, 3.63) is 78.2 Å². The van der Waals surface area contributed by atoms with Crippen LogP contribution in [0.15, 0.2) is 67.0 Å². The molecule has 2 heterocycles. The Bertz CT molecular complexity index is 1230. The summed E-state index contributed by atoms with van der Waals surface area (Å²) in [5.74, 6) is 2.29. The van der Waals surface area contributed by atoms with Crippen LogP contribution in [0.25, 0.3) is 16.6 Å². The van der Waals surface area contributed by atoms with Crippen LogP contribution in [0.4, 0.5) is 5.82 Å². The lowest BCUT2D eigenvalue weighted by atomic mass is 9.83. The normalized spacial score (nSPS) is 13.8. The maximum Gasteiger partial charge on any atom is 0.148 e. The number of nitrogens with two attached hydrogens (primary N) is 1. The predicted octanol–water partition coefficient (Wildman–Crippen LogP) is 5.51. The van der Waals surface area contributed by atoms with Gasteiger partial charge < -0.3 is 14.9 Å². The Morgan fingerprint density at radius 3 is 2.66 bits per heavy atom. The summed E-state index contributed by atoms with van der Waals surface area (Å²) < 4.78 is 8.06. The van der Waals surface area contributed by atoms with E-state index in [1.165, 1.54) is 25.0 Å². The minimum Gasteiger partial charge on any atom is -0.456 e. The number of fused-ring (bicyclic) bond motifs is 1. The smallest absolute Gasteiger partial charge is 0.148 e. The second-order valence-corrected chi connectivity index (χ2v) is 7.38. The molecule has 2 aromatic heterocycles. The third-order valence-electron chi connectivity index (χ3n) is 5.64. The number of rotatable bonds is 4. The number of nitrogen functional groups attached to an aromatic ring is 1. The third-order valence-corrected chi connectivity index (χ3v) is 5.64. The molecule has 29 heavy (non-hydrogen) atoms. The molecule has 5 rings (SSSR count). The van der Waals surface area contributed by atoms with Crippen LogP contribution in [-0.4, -0.2) is 9.38 Å². The fraction of sp³-hybridized carbons (Fsp3) is 0.167. The molecule has 1 saturated carbocycles. The van der Waals surface area contributed by atoms with E-state index in [1.807, 2.05) is 54.7 Å². The fourth-order valence-corrected chi connectivity index (χ4v) is 3.94. The minimum atomic E-state index is 0.485. The Morgan fingerprint density at radius 1 is 1.10 bits per heavy atom. The highest BCUT2D eigenvalue weighted by atomic mass is 16.5. The molecule has 0 unspecified atom stereocenters. The number of nitriles is 1. The molecule has 1 fully saturated rings. The summed E-state index contributed by atoms with van der Waals surface area (Å²) in [7, 11) is 0. The van der Waals surface area contributed by atoms with Crippen LogP contribution in [0.5, 0.6) is 11.5 Å². The molecule has 1 aliphatic carbocycles. The largest absolute Gasteiger partial charge is 0.456 e. The zero-order chi connectivity index (χ0) is 19.8. The van der Waals surface area contributed by atoms with Gasteiger partial charge in [-0.05, 0) is 54.7 Å². The van der Waals surface area contributed by atoms with Crippen LogP contribution in [0, 0.1) is 11.3 Å². The number of nitrogens with zero attached hydrogens (tertiary/aromatic N) is 3. The molecule has 1 aliphatic rings. The summed E-state index contributed by atoms with van der Waals surface area (Å²) >= 11 is 0. The first-order valence-electron chi connectivity index (χ1n) is 9.77. The predicted molar refractivity (Wildman–Crippen MR) is 113 cm³/mol. The fourth-order valence-electron chi connectivity index (χ4n) is 3.94. The molecule has 0 aliphatic heterocycles. The molecule has 0 bridgehead atoms. The lowest BCUT2D eigenvalue weighted by Gasteiger charge is -2.25. The molecule has 0 radical (unpaired) electrons. The first-order valence-corrected chi connectivity index (χ1v) is 9.77. The van der Waals surface area contributed by atoms with Gasteiger partial charge in [-0.3, -0.25) is 0 Å². The molecule has 142 valence electrons. The van der Waals surface area contributed by atoms with Gasteiger partial charge >= 0.3 is 0 Å². The number of anilines is 1. The molecule has 0 amide bonds. The Kier molecular flexibility index (Phi) is 4.18. The van der Waals surface area contributed by atoms with Crippen molar-refractivity contribution in [1.82, 2.24) is 9.38 Å². The Hall–Kier alpha value is -3.78. The molecule has 0 atom stereocenters. The molecule has 4 aromatic rings. The minimum absolute atomic E-state index is 0.485. The highest BCUT2D eigenvalue weighted by Gasteiger charge is 2.25. The van der Waals surface area contributed by atoms with Crippen LogP contribution >= 0.6 is 0 Å². The van der Waals surface area contributed by atoms with Crippen molar-refractivity contribution in [3.63, 3.8) is 0 Å². The average Bonchev–Trinajstić information content (AvgIpc) is 3.08. The molecule has 0 spiro atoms. The number of ether oxygens (including phenoxy) is 1. The van der Waals surface area contributed by atoms with Crippen LogP contribution < -0.4 is 10.5 Å². The van der Waals surface area contributed by atoms with E-state index >= 15 is 0 Å². The van der Waals surface area contributed by atoms with Crippen LogP contribution in [0.1, 0.15) is 36.4 Å². The van der Waals surface area contributed by atoms with E-state index < -0.39 is 0 Å². The highest BCUT2D eigenvalue weighted by molar-refractivity contribution is 5.89. The zero-order valence-corrected chi connectivity index (χ0v) is 15.9. The van der Waals surface area contributed by atoms with E-state index in [9.17, 15) is 5.26 Å². The Morgan fingerprint density at radius 2 is 1.93 bits per heavy atom. The summed E-state index contributed by atoms with van der Waals surface area (Å²) in [6.45, 7) is 0. The number of para-hydroxylation sites is 1. The SMILES string of the molecule is N#Cc1cc(-c2cc(C3CCC3)n3ccnc(N)c23)ccc1Oc1ccccc1. The first kappa shape index (κ1) is 17.3. The van der Waals surface area contributed by atoms with Gasteiger partial charge in [0.25, 0.3) is 0 Å². The van der Waals surface area contributed by atoms with Gasteiger partial charge in [0.1, 0.15) is 23.4 Å². The van der Waals surface area contributed by atoms with Crippen molar-refractivity contribution in [3.8, 4) is 28.7 Å². The van der Waals surface area contributed by atoms with E-state index in [4.69, 9.17) is 10.5 Å². The Balaban J connectivity index is 1.61. The van der Waals surface area contributed by atoms with Gasteiger partial charge in [0, 0.05) is 23.7 Å². The van der Waals surface area contributed by atoms with Gasteiger partial charge in [-0.2, -0.15) is 5.26 Å². The highest BCUT2D eigenvalue weighted by Crippen LogP contribution is 2.42. The molecular formula is C24H20N4O. The summed E-state index contributed by atoms with van der Waals surface area (Å²) in [5, 5.41) is 9.70. The van der Waals surface area contributed by atoms with Gasteiger partial charge in [0.15, 0.2) is 0 Å². The quantitative estimate of drug-likeness (QED) is 0.506. The number of benzene rings is 2. The molecular weight excluding hydrogens is 360 g/mol. The van der Waals surface area contributed by atoms with Crippen LogP contribution in [0.2, 0.25) is 0 Å². The topological polar surface area (TPSA) is 76.3 Å². The second-order valence-electron chi connectivity index (χ2n) is 7.38.